The van der Waals surface area contributed by atoms with Gasteiger partial charge in [-0.3, -0.25) is 4.98 Å². The van der Waals surface area contributed by atoms with Crippen molar-refractivity contribution in [3.63, 3.8) is 0 Å². The first-order valence-electron chi connectivity index (χ1n) is 4.05. The molecule has 2 rings (SSSR count). The minimum absolute atomic E-state index is 0.271. The molecule has 70 valence electrons. The predicted octanol–water partition coefficient (Wildman–Crippen LogP) is 1.58. The Kier molecular flexibility index (Phi) is 1.49. The van der Waals surface area contributed by atoms with E-state index >= 15 is 0 Å². The summed E-state index contributed by atoms with van der Waals surface area (Å²) in [5.41, 5.74) is 5.32. The molecular weight excluding hydrogens is 174 g/mol. The molecule has 0 bridgehead atoms. The number of rotatable bonds is 1. The minimum atomic E-state index is -2.76. The molecule has 0 saturated heterocycles. The van der Waals surface area contributed by atoms with Gasteiger partial charge in [0.2, 0.25) is 0 Å². The molecule has 0 aliphatic heterocycles. The number of nitrogens with zero attached hydrogens (tertiary/aromatic N) is 1. The number of hydrogen-bond acceptors (Lipinski definition) is 2. The topological polar surface area (TPSA) is 38.9 Å². The maximum Gasteiger partial charge on any atom is 0.272 e. The Hall–Kier alpha value is -1.03. The van der Waals surface area contributed by atoms with Gasteiger partial charge in [-0.25, -0.2) is 8.78 Å². The summed E-state index contributed by atoms with van der Waals surface area (Å²) in [5, 5.41) is 0. The van der Waals surface area contributed by atoms with Crippen molar-refractivity contribution in [1.82, 2.24) is 4.98 Å². The zero-order chi connectivity index (χ0) is 9.69. The molecule has 1 aliphatic carbocycles. The summed E-state index contributed by atoms with van der Waals surface area (Å²) in [5.74, 6) is -2.76. The Morgan fingerprint density at radius 2 is 2.15 bits per heavy atom. The van der Waals surface area contributed by atoms with Crippen LogP contribution in [0.2, 0.25) is 0 Å². The number of alkyl halides is 2. The third-order valence-electron chi connectivity index (χ3n) is 2.55. The molecule has 0 amide bonds. The largest absolute Gasteiger partial charge is 0.316 e. The average molecular weight is 184 g/mol. The number of aromatic nitrogens is 1. The van der Waals surface area contributed by atoms with E-state index in [-0.39, 0.29) is 6.42 Å². The predicted molar refractivity (Wildman–Crippen MR) is 44.4 cm³/mol. The SMILES string of the molecule is Cc1ccncc1C1(N)CC1(F)F. The standard InChI is InChI=1S/C9H10F2N2/c1-6-2-3-13-4-7(6)8(12)5-9(8,10)11/h2-4H,5,12H2,1H3. The summed E-state index contributed by atoms with van der Waals surface area (Å²) >= 11 is 0. The Balaban J connectivity index is 2.44. The van der Waals surface area contributed by atoms with Crippen LogP contribution < -0.4 is 5.73 Å². The lowest BCUT2D eigenvalue weighted by atomic mass is 10.0. The van der Waals surface area contributed by atoms with Crippen molar-refractivity contribution in [1.29, 1.82) is 0 Å². The van der Waals surface area contributed by atoms with E-state index in [1.54, 1.807) is 19.2 Å². The van der Waals surface area contributed by atoms with Gasteiger partial charge < -0.3 is 5.73 Å². The van der Waals surface area contributed by atoms with Crippen molar-refractivity contribution < 1.29 is 8.78 Å². The van der Waals surface area contributed by atoms with Crippen LogP contribution in [0.25, 0.3) is 0 Å². The molecule has 1 aliphatic rings. The quantitative estimate of drug-likeness (QED) is 0.719. The van der Waals surface area contributed by atoms with Crippen LogP contribution in [0, 0.1) is 6.92 Å². The maximum atomic E-state index is 12.9. The van der Waals surface area contributed by atoms with Gasteiger partial charge in [0.15, 0.2) is 0 Å². The van der Waals surface area contributed by atoms with Crippen LogP contribution in [-0.2, 0) is 5.54 Å². The summed E-state index contributed by atoms with van der Waals surface area (Å²) in [4.78, 5) is 3.80. The van der Waals surface area contributed by atoms with Gasteiger partial charge in [0.25, 0.3) is 5.92 Å². The van der Waals surface area contributed by atoms with Crippen molar-refractivity contribution >= 4 is 0 Å². The fourth-order valence-corrected chi connectivity index (χ4v) is 1.53. The fraction of sp³-hybridized carbons (Fsp3) is 0.444. The molecule has 2 N–H and O–H groups in total. The average Bonchev–Trinajstić information content (AvgIpc) is 2.53. The van der Waals surface area contributed by atoms with Crippen molar-refractivity contribution in [2.75, 3.05) is 0 Å². The van der Waals surface area contributed by atoms with Crippen molar-refractivity contribution in [3.8, 4) is 0 Å². The molecule has 1 aromatic rings. The van der Waals surface area contributed by atoms with Crippen LogP contribution in [0.4, 0.5) is 8.78 Å². The number of aryl methyl sites for hydroxylation is 1. The van der Waals surface area contributed by atoms with Crippen LogP contribution in [0.15, 0.2) is 18.5 Å². The Bertz CT molecular complexity index is 351. The number of nitrogens with two attached hydrogens (primary N) is 1. The van der Waals surface area contributed by atoms with Gasteiger partial charge in [-0.15, -0.1) is 0 Å². The van der Waals surface area contributed by atoms with E-state index in [9.17, 15) is 8.78 Å². The molecule has 2 nitrogen and oxygen atoms in total. The second-order valence-corrected chi connectivity index (χ2v) is 3.54. The lowest BCUT2D eigenvalue weighted by Gasteiger charge is -2.12. The van der Waals surface area contributed by atoms with E-state index in [2.05, 4.69) is 4.98 Å². The highest BCUT2D eigenvalue weighted by molar-refractivity contribution is 5.39. The molecule has 0 spiro atoms. The highest BCUT2D eigenvalue weighted by atomic mass is 19.3. The van der Waals surface area contributed by atoms with Gasteiger partial charge in [0.05, 0.1) is 0 Å². The third-order valence-corrected chi connectivity index (χ3v) is 2.55. The zero-order valence-corrected chi connectivity index (χ0v) is 7.22. The first-order chi connectivity index (χ1) is 5.97. The van der Waals surface area contributed by atoms with E-state index in [4.69, 9.17) is 5.73 Å². The summed E-state index contributed by atoms with van der Waals surface area (Å²) in [6.07, 6.45) is 2.73. The first-order valence-corrected chi connectivity index (χ1v) is 4.05. The smallest absolute Gasteiger partial charge is 0.272 e. The van der Waals surface area contributed by atoms with Crippen LogP contribution >= 0.6 is 0 Å². The molecule has 1 unspecified atom stereocenters. The molecule has 1 heterocycles. The molecule has 1 saturated carbocycles. The Morgan fingerprint density at radius 3 is 2.62 bits per heavy atom. The number of halogens is 2. The van der Waals surface area contributed by atoms with Crippen LogP contribution in [0.1, 0.15) is 17.5 Å². The lowest BCUT2D eigenvalue weighted by molar-refractivity contribution is 0.0888. The number of pyridine rings is 1. The summed E-state index contributed by atoms with van der Waals surface area (Å²) < 4.78 is 25.8. The van der Waals surface area contributed by atoms with Crippen molar-refractivity contribution in [2.45, 2.75) is 24.8 Å². The van der Waals surface area contributed by atoms with E-state index < -0.39 is 11.5 Å². The van der Waals surface area contributed by atoms with Gasteiger partial charge in [-0.1, -0.05) is 0 Å². The minimum Gasteiger partial charge on any atom is -0.316 e. The molecule has 0 aromatic carbocycles. The lowest BCUT2D eigenvalue weighted by Crippen LogP contribution is -2.28. The van der Waals surface area contributed by atoms with Crippen LogP contribution in [-0.4, -0.2) is 10.9 Å². The van der Waals surface area contributed by atoms with Crippen molar-refractivity contribution in [2.24, 2.45) is 5.73 Å². The molecule has 4 heteroatoms. The van der Waals surface area contributed by atoms with Crippen molar-refractivity contribution in [3.05, 3.63) is 29.6 Å². The van der Waals surface area contributed by atoms with Crippen LogP contribution in [0.3, 0.4) is 0 Å². The summed E-state index contributed by atoms with van der Waals surface area (Å²) in [6.45, 7) is 1.76. The van der Waals surface area contributed by atoms with E-state index in [1.807, 2.05) is 0 Å². The monoisotopic (exact) mass is 184 g/mol. The number of hydrogen-bond donors (Lipinski definition) is 1. The van der Waals surface area contributed by atoms with Gasteiger partial charge in [0.1, 0.15) is 5.54 Å². The molecule has 0 radical (unpaired) electrons. The molecule has 13 heavy (non-hydrogen) atoms. The maximum absolute atomic E-state index is 12.9. The Morgan fingerprint density at radius 1 is 1.54 bits per heavy atom. The van der Waals surface area contributed by atoms with Gasteiger partial charge >= 0.3 is 0 Å². The highest BCUT2D eigenvalue weighted by Gasteiger charge is 2.70. The van der Waals surface area contributed by atoms with E-state index in [0.717, 1.165) is 5.56 Å². The molecule has 1 atom stereocenters. The highest BCUT2D eigenvalue weighted by Crippen LogP contribution is 2.57. The van der Waals surface area contributed by atoms with Gasteiger partial charge in [-0.2, -0.15) is 0 Å². The second kappa shape index (κ2) is 2.26. The first kappa shape index (κ1) is 8.56. The van der Waals surface area contributed by atoms with Gasteiger partial charge in [0, 0.05) is 18.8 Å². The van der Waals surface area contributed by atoms with Crippen LogP contribution in [0.5, 0.6) is 0 Å². The Labute approximate surface area is 74.8 Å². The van der Waals surface area contributed by atoms with E-state index in [0.29, 0.717) is 5.56 Å². The summed E-state index contributed by atoms with van der Waals surface area (Å²) in [6, 6.07) is 1.69. The van der Waals surface area contributed by atoms with Gasteiger partial charge in [-0.05, 0) is 24.1 Å². The molecule has 1 aromatic heterocycles. The zero-order valence-electron chi connectivity index (χ0n) is 7.22. The molecule has 1 fully saturated rings. The summed E-state index contributed by atoms with van der Waals surface area (Å²) in [7, 11) is 0. The third kappa shape index (κ3) is 1.05. The fourth-order valence-electron chi connectivity index (χ4n) is 1.53. The normalized spacial score (nSPS) is 30.2. The van der Waals surface area contributed by atoms with E-state index in [1.165, 1.54) is 6.20 Å². The molecular formula is C9H10F2N2. The second-order valence-electron chi connectivity index (χ2n) is 3.54.